The molecule has 0 aliphatic carbocycles. The molecule has 150 valence electrons. The quantitative estimate of drug-likeness (QED) is 0.647. The van der Waals surface area contributed by atoms with Gasteiger partial charge in [-0.2, -0.15) is 0 Å². The zero-order chi connectivity index (χ0) is 20.7. The van der Waals surface area contributed by atoms with Crippen LogP contribution in [0.25, 0.3) is 0 Å². The van der Waals surface area contributed by atoms with Gasteiger partial charge in [0.2, 0.25) is 0 Å². The van der Waals surface area contributed by atoms with Gasteiger partial charge in [-0.1, -0.05) is 18.2 Å². The van der Waals surface area contributed by atoms with Gasteiger partial charge in [-0.05, 0) is 26.0 Å². The molecule has 2 aromatic rings. The van der Waals surface area contributed by atoms with Crippen LogP contribution in [0.3, 0.4) is 0 Å². The lowest BCUT2D eigenvalue weighted by molar-refractivity contribution is -0.126. The number of para-hydroxylation sites is 1. The molecule has 0 spiro atoms. The molecule has 0 aromatic heterocycles. The molecule has 0 saturated carbocycles. The van der Waals surface area contributed by atoms with E-state index in [0.29, 0.717) is 18.0 Å². The lowest BCUT2D eigenvalue weighted by atomic mass is 10.1. The number of carbonyl (C=O) groups is 2. The molecule has 0 radical (unpaired) electrons. The summed E-state index contributed by atoms with van der Waals surface area (Å²) in [6, 6.07) is 12.2. The molecule has 0 aliphatic heterocycles. The molecule has 28 heavy (non-hydrogen) atoms. The molecule has 0 unspecified atom stereocenters. The van der Waals surface area contributed by atoms with Crippen molar-refractivity contribution in [1.82, 2.24) is 0 Å². The van der Waals surface area contributed by atoms with E-state index in [-0.39, 0.29) is 17.2 Å². The third-order valence-corrected chi connectivity index (χ3v) is 4.21. The van der Waals surface area contributed by atoms with Gasteiger partial charge in [0.1, 0.15) is 11.3 Å². The van der Waals surface area contributed by atoms with Crippen molar-refractivity contribution < 1.29 is 28.5 Å². The van der Waals surface area contributed by atoms with Crippen molar-refractivity contribution in [3.8, 4) is 17.2 Å². The molecule has 2 rings (SSSR count). The second-order valence-corrected chi connectivity index (χ2v) is 5.87. The Morgan fingerprint density at radius 3 is 2.04 bits per heavy atom. The summed E-state index contributed by atoms with van der Waals surface area (Å²) >= 11 is 0. The molecular weight excluding hydrogens is 362 g/mol. The highest BCUT2D eigenvalue weighted by molar-refractivity contribution is 6.00. The van der Waals surface area contributed by atoms with Crippen LogP contribution in [0.1, 0.15) is 24.2 Å². The molecule has 0 aliphatic rings. The van der Waals surface area contributed by atoms with E-state index in [1.54, 1.807) is 11.8 Å². The average Bonchev–Trinajstić information content (AvgIpc) is 2.73. The van der Waals surface area contributed by atoms with Gasteiger partial charge >= 0.3 is 5.97 Å². The Balaban J connectivity index is 2.23. The van der Waals surface area contributed by atoms with Crippen LogP contribution in [0.2, 0.25) is 0 Å². The van der Waals surface area contributed by atoms with E-state index in [9.17, 15) is 9.59 Å². The summed E-state index contributed by atoms with van der Waals surface area (Å²) in [5.74, 6) is 0.0249. The summed E-state index contributed by atoms with van der Waals surface area (Å²) in [4.78, 5) is 27.0. The number of benzene rings is 2. The largest absolute Gasteiger partial charge is 0.496 e. The highest BCUT2D eigenvalue weighted by Gasteiger charge is 2.27. The van der Waals surface area contributed by atoms with E-state index < -0.39 is 12.1 Å². The first kappa shape index (κ1) is 21.1. The molecule has 7 nitrogen and oxygen atoms in total. The Morgan fingerprint density at radius 1 is 0.929 bits per heavy atom. The summed E-state index contributed by atoms with van der Waals surface area (Å²) in [5, 5.41) is 0. The number of anilines is 1. The minimum Gasteiger partial charge on any atom is -0.496 e. The van der Waals surface area contributed by atoms with Gasteiger partial charge in [0.05, 0.1) is 21.3 Å². The number of hydrogen-bond donors (Lipinski definition) is 0. The standard InChI is InChI=1S/C21H25NO6/c1-6-22(15-10-8-7-9-11-15)20(23)14(2)28-21(24)16-12-18(26-4)19(27-5)13-17(16)25-3/h7-14H,6H2,1-5H3/t14-/m1/s1. The normalized spacial score (nSPS) is 11.3. The number of rotatable bonds is 8. The van der Waals surface area contributed by atoms with Crippen LogP contribution in [0.15, 0.2) is 42.5 Å². The second kappa shape index (κ2) is 9.64. The predicted octanol–water partition coefficient (Wildman–Crippen LogP) is 3.31. The Bertz CT molecular complexity index is 821. The van der Waals surface area contributed by atoms with E-state index in [1.807, 2.05) is 37.3 Å². The molecule has 0 saturated heterocycles. The fraction of sp³-hybridized carbons (Fsp3) is 0.333. The van der Waals surface area contributed by atoms with E-state index in [1.165, 1.54) is 33.5 Å². The van der Waals surface area contributed by atoms with Crippen molar-refractivity contribution in [2.75, 3.05) is 32.8 Å². The van der Waals surface area contributed by atoms with Crippen LogP contribution in [0.4, 0.5) is 5.69 Å². The molecule has 2 aromatic carbocycles. The maximum atomic E-state index is 12.8. The van der Waals surface area contributed by atoms with E-state index >= 15 is 0 Å². The Labute approximate surface area is 164 Å². The summed E-state index contributed by atoms with van der Waals surface area (Å²) in [6.07, 6.45) is -0.981. The average molecular weight is 387 g/mol. The lowest BCUT2D eigenvalue weighted by Gasteiger charge is -2.24. The van der Waals surface area contributed by atoms with E-state index in [0.717, 1.165) is 5.69 Å². The van der Waals surface area contributed by atoms with Crippen LogP contribution >= 0.6 is 0 Å². The number of likely N-dealkylation sites (N-methyl/N-ethyl adjacent to an activating group) is 1. The molecule has 1 atom stereocenters. The van der Waals surface area contributed by atoms with Crippen molar-refractivity contribution in [3.05, 3.63) is 48.0 Å². The maximum absolute atomic E-state index is 12.8. The number of esters is 1. The van der Waals surface area contributed by atoms with Gasteiger partial charge in [-0.15, -0.1) is 0 Å². The summed E-state index contributed by atoms with van der Waals surface area (Å²) in [7, 11) is 4.38. The molecular formula is C21H25NO6. The summed E-state index contributed by atoms with van der Waals surface area (Å²) in [6.45, 7) is 3.85. The number of nitrogens with zero attached hydrogens (tertiary/aromatic N) is 1. The monoisotopic (exact) mass is 387 g/mol. The highest BCUT2D eigenvalue weighted by atomic mass is 16.6. The molecule has 0 bridgehead atoms. The fourth-order valence-corrected chi connectivity index (χ4v) is 2.76. The van der Waals surface area contributed by atoms with Crippen molar-refractivity contribution in [1.29, 1.82) is 0 Å². The first-order chi connectivity index (χ1) is 13.5. The van der Waals surface area contributed by atoms with Gasteiger partial charge < -0.3 is 23.8 Å². The Hall–Kier alpha value is -3.22. The first-order valence-corrected chi connectivity index (χ1v) is 8.84. The van der Waals surface area contributed by atoms with Gasteiger partial charge in [-0.3, -0.25) is 4.79 Å². The number of carbonyl (C=O) groups excluding carboxylic acids is 2. The van der Waals surface area contributed by atoms with Gasteiger partial charge in [-0.25, -0.2) is 4.79 Å². The van der Waals surface area contributed by atoms with Gasteiger partial charge in [0.25, 0.3) is 5.91 Å². The Kier molecular flexibility index (Phi) is 7.26. The first-order valence-electron chi connectivity index (χ1n) is 8.84. The maximum Gasteiger partial charge on any atom is 0.342 e. The third kappa shape index (κ3) is 4.54. The van der Waals surface area contributed by atoms with Crippen molar-refractivity contribution in [2.24, 2.45) is 0 Å². The zero-order valence-electron chi connectivity index (χ0n) is 16.7. The molecule has 0 fully saturated rings. The zero-order valence-corrected chi connectivity index (χ0v) is 16.7. The van der Waals surface area contributed by atoms with Crippen molar-refractivity contribution >= 4 is 17.6 Å². The SMILES string of the molecule is CCN(C(=O)[C@@H](C)OC(=O)c1cc(OC)c(OC)cc1OC)c1ccccc1. The van der Waals surface area contributed by atoms with Crippen LogP contribution in [0, 0.1) is 0 Å². The highest BCUT2D eigenvalue weighted by Crippen LogP contribution is 2.35. The van der Waals surface area contributed by atoms with Crippen molar-refractivity contribution in [3.63, 3.8) is 0 Å². The number of hydrogen-bond acceptors (Lipinski definition) is 6. The summed E-state index contributed by atoms with van der Waals surface area (Å²) < 4.78 is 21.1. The smallest absolute Gasteiger partial charge is 0.342 e. The minimum absolute atomic E-state index is 0.141. The number of ether oxygens (including phenoxy) is 4. The van der Waals surface area contributed by atoms with Gasteiger partial charge in [0, 0.05) is 24.4 Å². The molecule has 0 heterocycles. The molecule has 1 amide bonds. The Morgan fingerprint density at radius 2 is 1.50 bits per heavy atom. The van der Waals surface area contributed by atoms with Crippen LogP contribution in [-0.4, -0.2) is 45.9 Å². The predicted molar refractivity (Wildman–Crippen MR) is 105 cm³/mol. The summed E-state index contributed by atoms with van der Waals surface area (Å²) in [5.41, 5.74) is 0.879. The molecule has 0 N–H and O–H groups in total. The fourth-order valence-electron chi connectivity index (χ4n) is 2.76. The van der Waals surface area contributed by atoms with Gasteiger partial charge in [0.15, 0.2) is 17.6 Å². The van der Waals surface area contributed by atoms with Crippen LogP contribution < -0.4 is 19.1 Å². The third-order valence-electron chi connectivity index (χ3n) is 4.21. The van der Waals surface area contributed by atoms with E-state index in [2.05, 4.69) is 0 Å². The number of methoxy groups -OCH3 is 3. The lowest BCUT2D eigenvalue weighted by Crippen LogP contribution is -2.40. The number of amides is 1. The molecule has 7 heteroatoms. The van der Waals surface area contributed by atoms with E-state index in [4.69, 9.17) is 18.9 Å². The second-order valence-electron chi connectivity index (χ2n) is 5.87. The minimum atomic E-state index is -0.981. The van der Waals surface area contributed by atoms with Crippen LogP contribution in [-0.2, 0) is 9.53 Å². The van der Waals surface area contributed by atoms with Crippen LogP contribution in [0.5, 0.6) is 17.2 Å². The van der Waals surface area contributed by atoms with Crippen molar-refractivity contribution in [2.45, 2.75) is 20.0 Å². The topological polar surface area (TPSA) is 74.3 Å².